The summed E-state index contributed by atoms with van der Waals surface area (Å²) in [6.07, 6.45) is 6.65. The monoisotopic (exact) mass is 371 g/mol. The number of pyridine rings is 1. The molecule has 26 heavy (non-hydrogen) atoms. The van der Waals surface area contributed by atoms with E-state index in [-0.39, 0.29) is 24.5 Å². The Morgan fingerprint density at radius 3 is 2.73 bits per heavy atom. The van der Waals surface area contributed by atoms with Crippen LogP contribution in [0.4, 0.5) is 5.13 Å². The third-order valence-corrected chi connectivity index (χ3v) is 3.72. The third-order valence-electron chi connectivity index (χ3n) is 3.03. The van der Waals surface area contributed by atoms with Crippen LogP contribution in [-0.4, -0.2) is 28.6 Å². The van der Waals surface area contributed by atoms with Crippen molar-refractivity contribution in [2.75, 3.05) is 11.9 Å². The molecule has 0 bridgehead atoms. The maximum Gasteiger partial charge on any atom is 0.257 e. The van der Waals surface area contributed by atoms with Crippen molar-refractivity contribution in [3.63, 3.8) is 0 Å². The molecule has 0 aromatic carbocycles. The van der Waals surface area contributed by atoms with Crippen LogP contribution in [0.15, 0.2) is 60.7 Å². The molecular weight excluding hydrogens is 350 g/mol. The van der Waals surface area contributed by atoms with Crippen molar-refractivity contribution in [3.05, 3.63) is 66.2 Å². The van der Waals surface area contributed by atoms with E-state index in [4.69, 9.17) is 9.47 Å². The van der Waals surface area contributed by atoms with E-state index in [2.05, 4.69) is 28.4 Å². The molecule has 2 rings (SSSR count). The van der Waals surface area contributed by atoms with Crippen LogP contribution in [0.2, 0.25) is 0 Å². The van der Waals surface area contributed by atoms with E-state index in [1.54, 1.807) is 41.9 Å². The number of hydrogen-bond acceptors (Lipinski definition) is 6. The quantitative estimate of drug-likeness (QED) is 0.667. The van der Waals surface area contributed by atoms with Gasteiger partial charge in [0.05, 0.1) is 11.7 Å². The molecule has 7 heteroatoms. The molecular formula is C19H21N3O3S. The lowest BCUT2D eigenvalue weighted by atomic mass is 10.2. The van der Waals surface area contributed by atoms with Crippen LogP contribution in [0.1, 0.15) is 24.2 Å². The third kappa shape index (κ3) is 5.86. The van der Waals surface area contributed by atoms with Crippen molar-refractivity contribution in [2.45, 2.75) is 20.0 Å². The first-order valence-corrected chi connectivity index (χ1v) is 8.86. The number of allylic oxidation sites excluding steroid dienone is 2. The number of amides is 1. The molecule has 0 aliphatic carbocycles. The predicted molar refractivity (Wildman–Crippen MR) is 104 cm³/mol. The van der Waals surface area contributed by atoms with Gasteiger partial charge >= 0.3 is 0 Å². The molecule has 2 heterocycles. The van der Waals surface area contributed by atoms with Crippen LogP contribution >= 0.6 is 11.3 Å². The van der Waals surface area contributed by atoms with E-state index in [1.165, 1.54) is 11.3 Å². The number of aromatic nitrogens is 2. The minimum atomic E-state index is -0.314. The van der Waals surface area contributed by atoms with Gasteiger partial charge in [0.1, 0.15) is 6.61 Å². The molecule has 1 N–H and O–H groups in total. The van der Waals surface area contributed by atoms with Gasteiger partial charge in [-0.1, -0.05) is 31.4 Å². The fourth-order valence-electron chi connectivity index (χ4n) is 1.93. The highest BCUT2D eigenvalue weighted by atomic mass is 32.1. The number of hydrogen-bond donors (Lipinski definition) is 1. The van der Waals surface area contributed by atoms with Gasteiger partial charge in [-0.15, -0.1) is 11.3 Å². The largest absolute Gasteiger partial charge is 0.475 e. The average molecular weight is 371 g/mol. The van der Waals surface area contributed by atoms with Gasteiger partial charge in [0.25, 0.3) is 5.91 Å². The summed E-state index contributed by atoms with van der Waals surface area (Å²) in [5.41, 5.74) is 1.21. The molecule has 0 spiro atoms. The number of anilines is 1. The lowest BCUT2D eigenvalue weighted by Gasteiger charge is -2.13. The van der Waals surface area contributed by atoms with E-state index in [9.17, 15) is 4.79 Å². The molecule has 0 saturated carbocycles. The SMILES string of the molecule is C=C/C=C(\C=C)COc1cc(C(=O)Nc2nccs2)cc(OC(C)C)n1. The maximum absolute atomic E-state index is 12.5. The minimum absolute atomic E-state index is 0.0861. The van der Waals surface area contributed by atoms with Gasteiger partial charge in [-0.25, -0.2) is 4.98 Å². The highest BCUT2D eigenvalue weighted by molar-refractivity contribution is 7.13. The van der Waals surface area contributed by atoms with Gasteiger partial charge in [-0.3, -0.25) is 10.1 Å². The fraction of sp³-hybridized carbons (Fsp3) is 0.211. The summed E-state index contributed by atoms with van der Waals surface area (Å²) in [7, 11) is 0. The van der Waals surface area contributed by atoms with Gasteiger partial charge in [0.2, 0.25) is 11.8 Å². The van der Waals surface area contributed by atoms with Crippen LogP contribution in [0.5, 0.6) is 11.8 Å². The number of carbonyl (C=O) groups excluding carboxylic acids is 1. The second kappa shape index (κ2) is 9.53. The molecule has 0 aliphatic rings. The first kappa shape index (κ1) is 19.4. The van der Waals surface area contributed by atoms with Crippen molar-refractivity contribution in [2.24, 2.45) is 0 Å². The molecule has 0 saturated heterocycles. The number of nitrogens with one attached hydrogen (secondary N) is 1. The topological polar surface area (TPSA) is 73.3 Å². The Morgan fingerprint density at radius 2 is 2.12 bits per heavy atom. The Labute approximate surface area is 156 Å². The van der Waals surface area contributed by atoms with Gasteiger partial charge in [0.15, 0.2) is 5.13 Å². The van der Waals surface area contributed by atoms with E-state index >= 15 is 0 Å². The zero-order chi connectivity index (χ0) is 18.9. The smallest absolute Gasteiger partial charge is 0.257 e. The first-order valence-electron chi connectivity index (χ1n) is 7.98. The summed E-state index contributed by atoms with van der Waals surface area (Å²) in [4.78, 5) is 20.8. The van der Waals surface area contributed by atoms with Crippen molar-refractivity contribution >= 4 is 22.4 Å². The molecule has 2 aromatic rings. The molecule has 0 radical (unpaired) electrons. The zero-order valence-corrected chi connectivity index (χ0v) is 15.6. The Kier molecular flexibility index (Phi) is 7.11. The van der Waals surface area contributed by atoms with Crippen molar-refractivity contribution in [1.29, 1.82) is 0 Å². The molecule has 1 amide bonds. The van der Waals surface area contributed by atoms with Crippen LogP contribution < -0.4 is 14.8 Å². The van der Waals surface area contributed by atoms with Gasteiger partial charge in [0, 0.05) is 23.7 Å². The van der Waals surface area contributed by atoms with E-state index in [0.29, 0.717) is 16.6 Å². The van der Waals surface area contributed by atoms with Crippen molar-refractivity contribution in [1.82, 2.24) is 9.97 Å². The standard InChI is InChI=1S/C19H21N3O3S/c1-5-7-14(6-2)12-24-16-10-15(11-17(21-16)25-13(3)4)18(23)22-19-20-8-9-26-19/h5-11,13H,1-2,12H2,3-4H3,(H,20,22,23)/b14-7+. The maximum atomic E-state index is 12.5. The summed E-state index contributed by atoms with van der Waals surface area (Å²) in [5, 5.41) is 5.03. The Bertz CT molecular complexity index is 798. The van der Waals surface area contributed by atoms with Crippen LogP contribution in [-0.2, 0) is 0 Å². The van der Waals surface area contributed by atoms with Gasteiger partial charge < -0.3 is 9.47 Å². The first-order chi connectivity index (χ1) is 12.5. The summed E-state index contributed by atoms with van der Waals surface area (Å²) >= 11 is 1.34. The minimum Gasteiger partial charge on any atom is -0.475 e. The fourth-order valence-corrected chi connectivity index (χ4v) is 2.45. The van der Waals surface area contributed by atoms with Gasteiger partial charge in [-0.05, 0) is 19.4 Å². The number of thiazole rings is 1. The molecule has 0 unspecified atom stereocenters. The molecule has 6 nitrogen and oxygen atoms in total. The van der Waals surface area contributed by atoms with E-state index in [0.717, 1.165) is 5.57 Å². The van der Waals surface area contributed by atoms with Crippen LogP contribution in [0.25, 0.3) is 0 Å². The molecule has 0 atom stereocenters. The number of carbonyl (C=O) groups is 1. The van der Waals surface area contributed by atoms with Crippen molar-refractivity contribution in [3.8, 4) is 11.8 Å². The normalized spacial score (nSPS) is 11.1. The lowest BCUT2D eigenvalue weighted by molar-refractivity contribution is 0.102. The number of rotatable bonds is 9. The zero-order valence-electron chi connectivity index (χ0n) is 14.8. The number of ether oxygens (including phenoxy) is 2. The highest BCUT2D eigenvalue weighted by Crippen LogP contribution is 2.21. The molecule has 2 aromatic heterocycles. The van der Waals surface area contributed by atoms with Crippen molar-refractivity contribution < 1.29 is 14.3 Å². The number of nitrogens with zero attached hydrogens (tertiary/aromatic N) is 2. The average Bonchev–Trinajstić information content (AvgIpc) is 3.10. The van der Waals surface area contributed by atoms with Crippen LogP contribution in [0, 0.1) is 0 Å². The summed E-state index contributed by atoms with van der Waals surface area (Å²) in [6.45, 7) is 11.4. The van der Waals surface area contributed by atoms with Crippen LogP contribution in [0.3, 0.4) is 0 Å². The molecule has 0 aliphatic heterocycles. The predicted octanol–water partition coefficient (Wildman–Crippen LogP) is 4.25. The second-order valence-electron chi connectivity index (χ2n) is 5.46. The van der Waals surface area contributed by atoms with E-state index in [1.807, 2.05) is 13.8 Å². The Hall–Kier alpha value is -2.93. The van der Waals surface area contributed by atoms with E-state index < -0.39 is 0 Å². The summed E-state index contributed by atoms with van der Waals surface area (Å²) < 4.78 is 11.3. The second-order valence-corrected chi connectivity index (χ2v) is 6.35. The Balaban J connectivity index is 2.23. The lowest BCUT2D eigenvalue weighted by Crippen LogP contribution is -2.14. The Morgan fingerprint density at radius 1 is 1.35 bits per heavy atom. The highest BCUT2D eigenvalue weighted by Gasteiger charge is 2.14. The molecule has 136 valence electrons. The summed E-state index contributed by atoms with van der Waals surface area (Å²) in [6, 6.07) is 3.13. The molecule has 0 fully saturated rings. The summed E-state index contributed by atoms with van der Waals surface area (Å²) in [5.74, 6) is 0.283. The van der Waals surface area contributed by atoms with Gasteiger partial charge in [-0.2, -0.15) is 4.98 Å².